The van der Waals surface area contributed by atoms with Gasteiger partial charge < -0.3 is 25.0 Å². The highest BCUT2D eigenvalue weighted by molar-refractivity contribution is 5.92. The summed E-state index contributed by atoms with van der Waals surface area (Å²) < 4.78 is 5.19. The van der Waals surface area contributed by atoms with Gasteiger partial charge in [0.15, 0.2) is 12.4 Å². The minimum atomic E-state index is -1.60. The van der Waals surface area contributed by atoms with Crippen molar-refractivity contribution in [2.75, 3.05) is 13.2 Å². The first-order chi connectivity index (χ1) is 18.8. The lowest BCUT2D eigenvalue weighted by Gasteiger charge is -2.58. The standard InChI is InChI=1S/C30H41NO9/c1-28-10-7-18(32)13-17(28)3-4-20-21(28)8-11-29(2)22(20)9-12-30(29,39)24(34)16-40-26(36)6-5-25(35)31-15-19(33)14-23(31)27(37)38/h13,19-23,33,39H,3-12,14-16H2,1-2H3,(H,37,38)/t19-,20-,21+,22-,23+,28-,29-,30-/m0/s1. The number of hydrogen-bond acceptors (Lipinski definition) is 8. The zero-order chi connectivity index (χ0) is 29.0. The fourth-order valence-electron chi connectivity index (χ4n) is 9.05. The Morgan fingerprint density at radius 1 is 1.02 bits per heavy atom. The second-order valence-corrected chi connectivity index (χ2v) is 13.2. The predicted octanol–water partition coefficient (Wildman–Crippen LogP) is 2.19. The SMILES string of the molecule is C[C@]12CCC(=O)C=C1CC[C@H]1[C@H]2CC[C@@]2(C)[C@H]1CC[C@]2(O)C(=O)COC(=O)CCC(=O)N1C[C@@H](O)C[C@@H]1C(=O)O. The normalized spacial score (nSPS) is 40.5. The molecule has 0 aromatic carbocycles. The minimum Gasteiger partial charge on any atom is -0.480 e. The maximum Gasteiger partial charge on any atom is 0.326 e. The van der Waals surface area contributed by atoms with Crippen molar-refractivity contribution in [3.63, 3.8) is 0 Å². The van der Waals surface area contributed by atoms with Crippen LogP contribution in [0.4, 0.5) is 0 Å². The Kier molecular flexibility index (Phi) is 7.48. The zero-order valence-corrected chi connectivity index (χ0v) is 23.4. The average Bonchev–Trinajstić information content (AvgIpc) is 3.44. The first-order valence-electron chi connectivity index (χ1n) is 14.7. The van der Waals surface area contributed by atoms with Gasteiger partial charge in [-0.1, -0.05) is 19.4 Å². The van der Waals surface area contributed by atoms with E-state index in [9.17, 15) is 39.3 Å². The summed E-state index contributed by atoms with van der Waals surface area (Å²) >= 11 is 0. The Hall–Kier alpha value is -2.59. The summed E-state index contributed by atoms with van der Waals surface area (Å²) in [4.78, 5) is 62.7. The van der Waals surface area contributed by atoms with Crippen LogP contribution in [0.25, 0.3) is 0 Å². The van der Waals surface area contributed by atoms with E-state index >= 15 is 0 Å². The number of esters is 1. The highest BCUT2D eigenvalue weighted by atomic mass is 16.5. The van der Waals surface area contributed by atoms with Crippen molar-refractivity contribution in [3.05, 3.63) is 11.6 Å². The average molecular weight is 560 g/mol. The van der Waals surface area contributed by atoms with E-state index in [4.69, 9.17) is 4.74 Å². The molecule has 4 fully saturated rings. The van der Waals surface area contributed by atoms with Crippen LogP contribution in [0.2, 0.25) is 0 Å². The summed E-state index contributed by atoms with van der Waals surface area (Å²) in [6.07, 6.45) is 6.12. The molecule has 10 nitrogen and oxygen atoms in total. The molecule has 1 saturated heterocycles. The van der Waals surface area contributed by atoms with Crippen LogP contribution in [0.5, 0.6) is 0 Å². The first-order valence-corrected chi connectivity index (χ1v) is 14.7. The quantitative estimate of drug-likeness (QED) is 0.398. The van der Waals surface area contributed by atoms with Gasteiger partial charge in [-0.3, -0.25) is 19.2 Å². The number of nitrogens with zero attached hydrogens (tertiary/aromatic N) is 1. The van der Waals surface area contributed by atoms with Crippen molar-refractivity contribution in [3.8, 4) is 0 Å². The van der Waals surface area contributed by atoms with Crippen molar-refractivity contribution in [2.45, 2.75) is 102 Å². The third kappa shape index (κ3) is 4.61. The van der Waals surface area contributed by atoms with Crippen LogP contribution in [-0.4, -0.2) is 80.5 Å². The number of aliphatic hydroxyl groups is 2. The van der Waals surface area contributed by atoms with Gasteiger partial charge in [-0.2, -0.15) is 0 Å². The molecule has 0 aromatic rings. The maximum absolute atomic E-state index is 13.4. The van der Waals surface area contributed by atoms with Gasteiger partial charge in [0.2, 0.25) is 11.7 Å². The molecule has 10 heteroatoms. The topological polar surface area (TPSA) is 159 Å². The van der Waals surface area contributed by atoms with Gasteiger partial charge in [-0.05, 0) is 74.2 Å². The molecular weight excluding hydrogens is 518 g/mol. The molecule has 4 aliphatic carbocycles. The number of hydrogen-bond donors (Lipinski definition) is 3. The molecule has 220 valence electrons. The van der Waals surface area contributed by atoms with Gasteiger partial charge in [-0.15, -0.1) is 0 Å². The van der Waals surface area contributed by atoms with Crippen LogP contribution in [0.15, 0.2) is 11.6 Å². The molecule has 5 rings (SSSR count). The number of carboxylic acids is 1. The van der Waals surface area contributed by atoms with E-state index in [1.165, 1.54) is 5.57 Å². The van der Waals surface area contributed by atoms with E-state index in [-0.39, 0.29) is 42.9 Å². The summed E-state index contributed by atoms with van der Waals surface area (Å²) in [5, 5.41) is 30.8. The molecule has 0 unspecified atom stereocenters. The number of aliphatic carboxylic acids is 1. The monoisotopic (exact) mass is 559 g/mol. The number of β-amino-alcohol motifs (C(OH)–C–C–N with tert-alkyl or cyclic N) is 1. The molecule has 8 atom stereocenters. The van der Waals surface area contributed by atoms with Gasteiger partial charge in [0, 0.05) is 31.2 Å². The van der Waals surface area contributed by atoms with Crippen LogP contribution < -0.4 is 0 Å². The Labute approximate surface area is 234 Å². The fourth-order valence-corrected chi connectivity index (χ4v) is 9.05. The number of Topliss-reactive ketones (excluding diaryl/α,β-unsaturated/α-hetero) is 1. The van der Waals surface area contributed by atoms with Crippen molar-refractivity contribution in [1.29, 1.82) is 0 Å². The number of fused-ring (bicyclic) bond motifs is 5. The van der Waals surface area contributed by atoms with Crippen LogP contribution in [-0.2, 0) is 28.7 Å². The minimum absolute atomic E-state index is 0.00647. The Morgan fingerprint density at radius 2 is 1.75 bits per heavy atom. The number of allylic oxidation sites excluding steroid dienone is 1. The number of carbonyl (C=O) groups is 5. The number of ether oxygens (including phenoxy) is 1. The van der Waals surface area contributed by atoms with E-state index in [0.717, 1.165) is 37.0 Å². The summed E-state index contributed by atoms with van der Waals surface area (Å²) in [6.45, 7) is 3.61. The van der Waals surface area contributed by atoms with Crippen LogP contribution in [0.1, 0.15) is 84.5 Å². The van der Waals surface area contributed by atoms with Crippen LogP contribution in [0, 0.1) is 28.6 Å². The number of aliphatic hydroxyl groups excluding tert-OH is 1. The lowest BCUT2D eigenvalue weighted by Crippen LogP contribution is -2.58. The molecule has 3 N–H and O–H groups in total. The molecule has 0 bridgehead atoms. The molecule has 1 amide bonds. The Bertz CT molecular complexity index is 1150. The van der Waals surface area contributed by atoms with E-state index in [1.807, 2.05) is 13.0 Å². The lowest BCUT2D eigenvalue weighted by atomic mass is 9.46. The second kappa shape index (κ2) is 10.4. The van der Waals surface area contributed by atoms with Gasteiger partial charge >= 0.3 is 11.9 Å². The largest absolute Gasteiger partial charge is 0.480 e. The lowest BCUT2D eigenvalue weighted by molar-refractivity contribution is -0.170. The summed E-state index contributed by atoms with van der Waals surface area (Å²) in [5.41, 5.74) is -0.965. The number of carbonyl (C=O) groups excluding carboxylic acids is 4. The fraction of sp³-hybridized carbons (Fsp3) is 0.767. The third-order valence-corrected chi connectivity index (χ3v) is 11.4. The highest BCUT2D eigenvalue weighted by Crippen LogP contribution is 2.67. The van der Waals surface area contributed by atoms with E-state index in [1.54, 1.807) is 0 Å². The van der Waals surface area contributed by atoms with E-state index in [0.29, 0.717) is 31.1 Å². The highest BCUT2D eigenvalue weighted by Gasteiger charge is 2.66. The molecule has 0 aromatic heterocycles. The van der Waals surface area contributed by atoms with Gasteiger partial charge in [0.1, 0.15) is 11.6 Å². The van der Waals surface area contributed by atoms with Crippen molar-refractivity contribution in [1.82, 2.24) is 4.90 Å². The number of carboxylic acid groups (broad SMARTS) is 1. The molecule has 5 aliphatic rings. The molecule has 40 heavy (non-hydrogen) atoms. The number of likely N-dealkylation sites (tertiary alicyclic amines) is 1. The predicted molar refractivity (Wildman–Crippen MR) is 141 cm³/mol. The summed E-state index contributed by atoms with van der Waals surface area (Å²) in [6, 6.07) is -1.13. The van der Waals surface area contributed by atoms with Crippen molar-refractivity contribution >= 4 is 29.4 Å². The summed E-state index contributed by atoms with van der Waals surface area (Å²) in [5.74, 6) is -1.91. The molecule has 0 spiro atoms. The number of amides is 1. The van der Waals surface area contributed by atoms with Crippen molar-refractivity contribution < 1.29 is 44.0 Å². The van der Waals surface area contributed by atoms with E-state index in [2.05, 4.69) is 6.92 Å². The van der Waals surface area contributed by atoms with Gasteiger partial charge in [0.25, 0.3) is 0 Å². The van der Waals surface area contributed by atoms with Gasteiger partial charge in [-0.25, -0.2) is 4.79 Å². The molecular formula is C30H41NO9. The number of ketones is 2. The molecule has 1 aliphatic heterocycles. The van der Waals surface area contributed by atoms with Gasteiger partial charge in [0.05, 0.1) is 12.5 Å². The third-order valence-electron chi connectivity index (χ3n) is 11.4. The van der Waals surface area contributed by atoms with E-state index < -0.39 is 53.4 Å². The molecule has 0 radical (unpaired) electrons. The maximum atomic E-state index is 13.4. The molecule has 1 heterocycles. The van der Waals surface area contributed by atoms with Crippen LogP contribution in [0.3, 0.4) is 0 Å². The second-order valence-electron chi connectivity index (χ2n) is 13.2. The van der Waals surface area contributed by atoms with Crippen LogP contribution >= 0.6 is 0 Å². The number of rotatable bonds is 7. The smallest absolute Gasteiger partial charge is 0.326 e. The summed E-state index contributed by atoms with van der Waals surface area (Å²) in [7, 11) is 0. The zero-order valence-electron chi connectivity index (χ0n) is 23.4. The molecule has 3 saturated carbocycles. The van der Waals surface area contributed by atoms with Crippen molar-refractivity contribution in [2.24, 2.45) is 28.6 Å². The Morgan fingerprint density at radius 3 is 2.48 bits per heavy atom. The first kappa shape index (κ1) is 28.9. The Balaban J connectivity index is 1.18.